The number of amides is 2. The molecule has 34 heavy (non-hydrogen) atoms. The molecule has 184 valence electrons. The highest BCUT2D eigenvalue weighted by molar-refractivity contribution is 5.98. The fraction of sp³-hybridized carbons (Fsp3) is 0.391. The van der Waals surface area contributed by atoms with Gasteiger partial charge in [0.15, 0.2) is 0 Å². The number of rotatable bonds is 10. The van der Waals surface area contributed by atoms with Crippen molar-refractivity contribution in [2.24, 2.45) is 5.92 Å². The van der Waals surface area contributed by atoms with Crippen LogP contribution in [0.15, 0.2) is 36.3 Å². The topological polar surface area (TPSA) is 123 Å². The predicted molar refractivity (Wildman–Crippen MR) is 126 cm³/mol. The summed E-state index contributed by atoms with van der Waals surface area (Å²) in [6, 6.07) is 0.798. The fourth-order valence-corrected chi connectivity index (χ4v) is 3.18. The Bertz CT molecular complexity index is 1100. The van der Waals surface area contributed by atoms with E-state index >= 15 is 0 Å². The van der Waals surface area contributed by atoms with Crippen LogP contribution < -0.4 is 16.0 Å². The van der Waals surface area contributed by atoms with Crippen LogP contribution in [0.1, 0.15) is 39.7 Å². The van der Waals surface area contributed by atoms with Crippen molar-refractivity contribution in [1.82, 2.24) is 20.6 Å². The second-order valence-corrected chi connectivity index (χ2v) is 7.91. The Balaban J connectivity index is 2.33. The molecule has 2 aromatic heterocycles. The van der Waals surface area contributed by atoms with Crippen LogP contribution in [0.3, 0.4) is 0 Å². The number of pyridine rings is 1. The van der Waals surface area contributed by atoms with E-state index in [9.17, 15) is 22.8 Å². The number of carbonyl (C=O) groups excluding carboxylic acids is 2. The molecule has 2 aromatic rings. The normalized spacial score (nSPS) is 13.6. The Labute approximate surface area is 195 Å². The van der Waals surface area contributed by atoms with Crippen LogP contribution in [-0.4, -0.2) is 46.8 Å². The summed E-state index contributed by atoms with van der Waals surface area (Å²) in [4.78, 5) is 31.5. The molecule has 0 aliphatic heterocycles. The zero-order chi connectivity index (χ0) is 25.5. The summed E-state index contributed by atoms with van der Waals surface area (Å²) in [5, 5.41) is 16.0. The molecule has 0 fully saturated rings. The standard InChI is InChI=1S/C23H29F3N6O2/c1-5-14(18-11-29-21-17(18)8-16(10-28-21)31-19(33)6-2)7-15(9-27)32-20(13(3)4)22(34)30-12-23(24,25)26/h5,7-11,13,20,27,32H,6,12H2,1-4H3,(H,28,29)(H,30,34)(H,31,33)/b14-5+,15-7+,27-9?. The third-order valence-electron chi connectivity index (χ3n) is 4.96. The van der Waals surface area contributed by atoms with Crippen molar-refractivity contribution in [1.29, 1.82) is 5.41 Å². The van der Waals surface area contributed by atoms with Crippen molar-refractivity contribution in [3.8, 4) is 0 Å². The van der Waals surface area contributed by atoms with Crippen LogP contribution in [0.5, 0.6) is 0 Å². The number of fused-ring (bicyclic) bond motifs is 1. The van der Waals surface area contributed by atoms with E-state index in [1.54, 1.807) is 58.3 Å². The number of nitrogens with zero attached hydrogens (tertiary/aromatic N) is 1. The number of carbonyl (C=O) groups is 2. The highest BCUT2D eigenvalue weighted by Crippen LogP contribution is 2.27. The molecular weight excluding hydrogens is 449 g/mol. The van der Waals surface area contributed by atoms with Gasteiger partial charge in [-0.1, -0.05) is 26.8 Å². The first-order chi connectivity index (χ1) is 16.0. The first-order valence-electron chi connectivity index (χ1n) is 10.8. The molecule has 2 rings (SSSR count). The van der Waals surface area contributed by atoms with E-state index in [4.69, 9.17) is 5.41 Å². The largest absolute Gasteiger partial charge is 0.405 e. The van der Waals surface area contributed by atoms with E-state index in [-0.39, 0.29) is 17.5 Å². The zero-order valence-corrected chi connectivity index (χ0v) is 19.4. The Morgan fingerprint density at radius 3 is 2.56 bits per heavy atom. The van der Waals surface area contributed by atoms with Crippen molar-refractivity contribution in [2.45, 2.75) is 46.3 Å². The highest BCUT2D eigenvalue weighted by Gasteiger charge is 2.30. The third kappa shape index (κ3) is 7.19. The minimum Gasteiger partial charge on any atom is -0.372 e. The third-order valence-corrected chi connectivity index (χ3v) is 4.96. The van der Waals surface area contributed by atoms with E-state index in [1.165, 1.54) is 0 Å². The number of H-pyrrole nitrogens is 1. The van der Waals surface area contributed by atoms with Crippen LogP contribution in [0.2, 0.25) is 0 Å². The zero-order valence-electron chi connectivity index (χ0n) is 19.4. The van der Waals surface area contributed by atoms with Gasteiger partial charge in [-0.2, -0.15) is 13.2 Å². The smallest absolute Gasteiger partial charge is 0.372 e. The lowest BCUT2D eigenvalue weighted by Crippen LogP contribution is -2.49. The minimum absolute atomic E-state index is 0.150. The number of allylic oxidation sites excluding steroid dienone is 4. The Hall–Kier alpha value is -3.63. The lowest BCUT2D eigenvalue weighted by Gasteiger charge is -2.23. The molecule has 0 saturated heterocycles. The van der Waals surface area contributed by atoms with Gasteiger partial charge < -0.3 is 26.3 Å². The van der Waals surface area contributed by atoms with E-state index in [0.717, 1.165) is 17.2 Å². The van der Waals surface area contributed by atoms with Crippen LogP contribution >= 0.6 is 0 Å². The summed E-state index contributed by atoms with van der Waals surface area (Å²) in [5.74, 6) is -1.30. The van der Waals surface area contributed by atoms with E-state index in [1.807, 2.05) is 5.32 Å². The number of aromatic nitrogens is 2. The van der Waals surface area contributed by atoms with Gasteiger partial charge in [-0.15, -0.1) is 0 Å². The molecule has 0 aromatic carbocycles. The maximum absolute atomic E-state index is 12.5. The summed E-state index contributed by atoms with van der Waals surface area (Å²) < 4.78 is 37.5. The van der Waals surface area contributed by atoms with Crippen LogP contribution in [0, 0.1) is 11.3 Å². The number of hydrogen-bond donors (Lipinski definition) is 5. The fourth-order valence-electron chi connectivity index (χ4n) is 3.18. The number of alkyl halides is 3. The molecule has 0 saturated carbocycles. The van der Waals surface area contributed by atoms with Crippen LogP contribution in [0.4, 0.5) is 18.9 Å². The maximum Gasteiger partial charge on any atom is 0.405 e. The summed E-state index contributed by atoms with van der Waals surface area (Å²) >= 11 is 0. The molecule has 1 unspecified atom stereocenters. The van der Waals surface area contributed by atoms with Crippen molar-refractivity contribution in [3.63, 3.8) is 0 Å². The lowest BCUT2D eigenvalue weighted by molar-refractivity contribution is -0.140. The number of nitrogens with one attached hydrogen (secondary N) is 5. The molecule has 2 amide bonds. The molecule has 0 bridgehead atoms. The average Bonchev–Trinajstić information content (AvgIpc) is 3.20. The van der Waals surface area contributed by atoms with Gasteiger partial charge in [0, 0.05) is 29.8 Å². The second kappa shape index (κ2) is 11.5. The van der Waals surface area contributed by atoms with Gasteiger partial charge in [0.25, 0.3) is 0 Å². The maximum atomic E-state index is 12.5. The van der Waals surface area contributed by atoms with Gasteiger partial charge in [-0.3, -0.25) is 9.59 Å². The molecule has 2 heterocycles. The van der Waals surface area contributed by atoms with E-state index in [0.29, 0.717) is 23.3 Å². The average molecular weight is 479 g/mol. The molecule has 0 spiro atoms. The summed E-state index contributed by atoms with van der Waals surface area (Å²) in [6.45, 7) is 5.49. The summed E-state index contributed by atoms with van der Waals surface area (Å²) in [6.07, 6.45) is 3.48. The summed E-state index contributed by atoms with van der Waals surface area (Å²) in [5.41, 5.74) is 2.78. The van der Waals surface area contributed by atoms with Crippen molar-refractivity contribution >= 4 is 40.3 Å². The van der Waals surface area contributed by atoms with Crippen molar-refractivity contribution < 1.29 is 22.8 Å². The molecule has 0 aliphatic carbocycles. The van der Waals surface area contributed by atoms with Crippen LogP contribution in [0.25, 0.3) is 16.6 Å². The Kier molecular flexibility index (Phi) is 8.99. The monoisotopic (exact) mass is 478 g/mol. The molecule has 0 radical (unpaired) electrons. The Morgan fingerprint density at radius 1 is 1.29 bits per heavy atom. The molecule has 5 N–H and O–H groups in total. The van der Waals surface area contributed by atoms with Crippen molar-refractivity contribution in [2.75, 3.05) is 11.9 Å². The SMILES string of the molecule is C/C=C(\C=C(/C=N)NC(C(=O)NCC(F)(F)F)C(C)C)c1c[nH]c2ncc(NC(=O)CC)cc12. The van der Waals surface area contributed by atoms with Gasteiger partial charge in [0.1, 0.15) is 18.2 Å². The lowest BCUT2D eigenvalue weighted by atomic mass is 10.0. The second-order valence-electron chi connectivity index (χ2n) is 7.91. The van der Waals surface area contributed by atoms with Gasteiger partial charge in [0.05, 0.1) is 17.6 Å². The first-order valence-corrected chi connectivity index (χ1v) is 10.8. The number of aromatic amines is 1. The number of anilines is 1. The van der Waals surface area contributed by atoms with Crippen molar-refractivity contribution in [3.05, 3.63) is 41.9 Å². The minimum atomic E-state index is -4.52. The first kappa shape index (κ1) is 26.6. The molecule has 8 nitrogen and oxygen atoms in total. The van der Waals surface area contributed by atoms with E-state index in [2.05, 4.69) is 20.6 Å². The van der Waals surface area contributed by atoms with Gasteiger partial charge in [-0.25, -0.2) is 4.98 Å². The van der Waals surface area contributed by atoms with Gasteiger partial charge in [0.2, 0.25) is 11.8 Å². The van der Waals surface area contributed by atoms with Gasteiger partial charge in [-0.05, 0) is 30.6 Å². The van der Waals surface area contributed by atoms with Gasteiger partial charge >= 0.3 is 6.18 Å². The Morgan fingerprint density at radius 2 is 2.00 bits per heavy atom. The predicted octanol–water partition coefficient (Wildman–Crippen LogP) is 4.14. The quantitative estimate of drug-likeness (QED) is 0.260. The molecular formula is C23H29F3N6O2. The number of halogens is 3. The molecule has 11 heteroatoms. The summed E-state index contributed by atoms with van der Waals surface area (Å²) in [7, 11) is 0. The van der Waals surface area contributed by atoms with E-state index < -0.39 is 24.7 Å². The van der Waals surface area contributed by atoms with Crippen LogP contribution in [-0.2, 0) is 9.59 Å². The highest BCUT2D eigenvalue weighted by atomic mass is 19.4. The molecule has 0 aliphatic rings. The molecule has 1 atom stereocenters. The number of hydrogen-bond acceptors (Lipinski definition) is 5.